The maximum absolute atomic E-state index is 12.9. The first-order valence-corrected chi connectivity index (χ1v) is 7.70. The summed E-state index contributed by atoms with van der Waals surface area (Å²) in [5.41, 5.74) is 0.206. The van der Waals surface area contributed by atoms with Gasteiger partial charge in [-0.05, 0) is 37.3 Å². The Labute approximate surface area is 152 Å². The molecule has 0 saturated carbocycles. The number of hydrogen-bond donors (Lipinski definition) is 2. The second-order valence-corrected chi connectivity index (χ2v) is 5.73. The summed E-state index contributed by atoms with van der Waals surface area (Å²) in [6, 6.07) is 11.9. The van der Waals surface area contributed by atoms with Crippen molar-refractivity contribution in [1.82, 2.24) is 0 Å². The summed E-state index contributed by atoms with van der Waals surface area (Å²) in [5, 5.41) is 13.7. The molecule has 0 saturated heterocycles. The average Bonchev–Trinajstić information content (AvgIpc) is 2.58. The van der Waals surface area contributed by atoms with E-state index in [1.807, 2.05) is 19.1 Å². The van der Waals surface area contributed by atoms with E-state index in [4.69, 9.17) is 16.9 Å². The molecule has 0 bridgehead atoms. The lowest BCUT2D eigenvalue weighted by molar-refractivity contribution is -0.137. The number of anilines is 2. The van der Waals surface area contributed by atoms with E-state index in [2.05, 4.69) is 10.6 Å². The molecule has 0 atom stereocenters. The Bertz CT molecular complexity index is 884. The van der Waals surface area contributed by atoms with Crippen LogP contribution in [0.1, 0.15) is 11.1 Å². The van der Waals surface area contributed by atoms with Gasteiger partial charge in [-0.3, -0.25) is 4.79 Å². The number of nitriles is 1. The van der Waals surface area contributed by atoms with Gasteiger partial charge in [-0.25, -0.2) is 0 Å². The first-order chi connectivity index (χ1) is 12.2. The normalized spacial score (nSPS) is 11.6. The molecule has 0 heterocycles. The van der Waals surface area contributed by atoms with Crippen LogP contribution in [-0.4, -0.2) is 5.91 Å². The quantitative estimate of drug-likeness (QED) is 0.572. The van der Waals surface area contributed by atoms with E-state index < -0.39 is 22.7 Å². The van der Waals surface area contributed by atoms with Gasteiger partial charge in [-0.2, -0.15) is 18.4 Å². The lowest BCUT2D eigenvalue weighted by Crippen LogP contribution is -2.15. The van der Waals surface area contributed by atoms with Crippen molar-refractivity contribution in [2.45, 2.75) is 13.1 Å². The van der Waals surface area contributed by atoms with Crippen LogP contribution >= 0.6 is 11.6 Å². The molecule has 1 amide bonds. The zero-order valence-corrected chi connectivity index (χ0v) is 14.2. The van der Waals surface area contributed by atoms with Crippen LogP contribution in [0.25, 0.3) is 0 Å². The molecule has 0 fully saturated rings. The van der Waals surface area contributed by atoms with Gasteiger partial charge in [0.25, 0.3) is 5.91 Å². The van der Waals surface area contributed by atoms with Crippen LogP contribution in [-0.2, 0) is 11.0 Å². The number of nitrogens with zero attached hydrogens (tertiary/aromatic N) is 1. The minimum absolute atomic E-state index is 0.122. The number of rotatable bonds is 4. The fraction of sp³-hybridized carbons (Fsp3) is 0.111. The minimum atomic E-state index is -4.65. The third kappa shape index (κ3) is 5.01. The maximum Gasteiger partial charge on any atom is 0.417 e. The zero-order valence-electron chi connectivity index (χ0n) is 13.5. The van der Waals surface area contributed by atoms with Gasteiger partial charge in [-0.15, -0.1) is 0 Å². The molecule has 0 aromatic heterocycles. The number of aryl methyl sites for hydroxylation is 1. The highest BCUT2D eigenvalue weighted by Crippen LogP contribution is 2.36. The van der Waals surface area contributed by atoms with E-state index in [9.17, 15) is 18.0 Å². The van der Waals surface area contributed by atoms with E-state index >= 15 is 0 Å². The molecular formula is C18H13ClF3N3O. The Kier molecular flexibility index (Phi) is 5.90. The van der Waals surface area contributed by atoms with E-state index in [0.717, 1.165) is 11.6 Å². The number of alkyl halides is 3. The summed E-state index contributed by atoms with van der Waals surface area (Å²) < 4.78 is 38.6. The van der Waals surface area contributed by atoms with Gasteiger partial charge >= 0.3 is 6.18 Å². The predicted octanol–water partition coefficient (Wildman–Crippen LogP) is 5.13. The maximum atomic E-state index is 12.9. The summed E-state index contributed by atoms with van der Waals surface area (Å²) in [6.45, 7) is 1.91. The number of halogens is 4. The van der Waals surface area contributed by atoms with Crippen LogP contribution in [0.5, 0.6) is 0 Å². The molecule has 0 aliphatic carbocycles. The predicted molar refractivity (Wildman–Crippen MR) is 93.6 cm³/mol. The molecule has 2 rings (SSSR count). The Morgan fingerprint density at radius 1 is 1.15 bits per heavy atom. The van der Waals surface area contributed by atoms with Crippen LogP contribution in [0.3, 0.4) is 0 Å². The number of nitrogens with one attached hydrogen (secondary N) is 2. The SMILES string of the molecule is Cc1ccc(N/C=C(/C#N)C(=O)Nc2ccc(Cl)c(C(F)(F)F)c2)cc1. The lowest BCUT2D eigenvalue weighted by atomic mass is 10.2. The van der Waals surface area contributed by atoms with Crippen molar-refractivity contribution < 1.29 is 18.0 Å². The molecule has 0 aliphatic heterocycles. The van der Waals surface area contributed by atoms with Crippen molar-refractivity contribution >= 4 is 28.9 Å². The highest BCUT2D eigenvalue weighted by Gasteiger charge is 2.33. The third-order valence-electron chi connectivity index (χ3n) is 3.33. The van der Waals surface area contributed by atoms with Crippen molar-refractivity contribution in [1.29, 1.82) is 5.26 Å². The van der Waals surface area contributed by atoms with Crippen LogP contribution in [0.4, 0.5) is 24.5 Å². The summed E-state index contributed by atoms with van der Waals surface area (Å²) >= 11 is 5.53. The molecule has 2 N–H and O–H groups in total. The van der Waals surface area contributed by atoms with E-state index in [-0.39, 0.29) is 11.3 Å². The van der Waals surface area contributed by atoms with Gasteiger partial charge in [0.2, 0.25) is 0 Å². The molecule has 134 valence electrons. The number of carbonyl (C=O) groups is 1. The average molecular weight is 380 g/mol. The second kappa shape index (κ2) is 7.93. The van der Waals surface area contributed by atoms with Crippen molar-refractivity contribution in [3.8, 4) is 6.07 Å². The highest BCUT2D eigenvalue weighted by molar-refractivity contribution is 6.31. The van der Waals surface area contributed by atoms with Crippen LogP contribution < -0.4 is 10.6 Å². The molecule has 26 heavy (non-hydrogen) atoms. The molecule has 0 aliphatic rings. The van der Waals surface area contributed by atoms with Gasteiger partial charge in [0, 0.05) is 17.6 Å². The molecule has 0 spiro atoms. The summed E-state index contributed by atoms with van der Waals surface area (Å²) in [5.74, 6) is -0.845. The van der Waals surface area contributed by atoms with Gasteiger partial charge in [0.15, 0.2) is 0 Å². The molecule has 8 heteroatoms. The van der Waals surface area contributed by atoms with Crippen LogP contribution in [0, 0.1) is 18.3 Å². The summed E-state index contributed by atoms with van der Waals surface area (Å²) in [4.78, 5) is 12.1. The first-order valence-electron chi connectivity index (χ1n) is 7.32. The number of carbonyl (C=O) groups excluding carboxylic acids is 1. The second-order valence-electron chi connectivity index (χ2n) is 5.33. The molecular weight excluding hydrogens is 367 g/mol. The van der Waals surface area contributed by atoms with E-state index in [1.165, 1.54) is 12.3 Å². The van der Waals surface area contributed by atoms with Crippen LogP contribution in [0.2, 0.25) is 5.02 Å². The minimum Gasteiger partial charge on any atom is -0.360 e. The van der Waals surface area contributed by atoms with Gasteiger partial charge in [0.1, 0.15) is 11.6 Å². The van der Waals surface area contributed by atoms with E-state index in [0.29, 0.717) is 11.8 Å². The largest absolute Gasteiger partial charge is 0.417 e. The zero-order chi connectivity index (χ0) is 19.3. The van der Waals surface area contributed by atoms with Crippen molar-refractivity contribution in [3.05, 3.63) is 70.4 Å². The Balaban J connectivity index is 2.15. The van der Waals surface area contributed by atoms with E-state index in [1.54, 1.807) is 18.2 Å². The topological polar surface area (TPSA) is 64.9 Å². The van der Waals surface area contributed by atoms with Crippen molar-refractivity contribution in [2.75, 3.05) is 10.6 Å². The molecule has 2 aromatic rings. The van der Waals surface area contributed by atoms with Gasteiger partial charge in [-0.1, -0.05) is 29.3 Å². The monoisotopic (exact) mass is 379 g/mol. The fourth-order valence-electron chi connectivity index (χ4n) is 1.97. The standard InChI is InChI=1S/C18H13ClF3N3O/c1-11-2-4-13(5-3-11)24-10-12(9-23)17(26)25-14-6-7-16(19)15(8-14)18(20,21)22/h2-8,10,24H,1H3,(H,25,26)/b12-10-. The van der Waals surface area contributed by atoms with Crippen LogP contribution in [0.15, 0.2) is 54.2 Å². The Morgan fingerprint density at radius 3 is 2.35 bits per heavy atom. The van der Waals surface area contributed by atoms with Crippen molar-refractivity contribution in [3.63, 3.8) is 0 Å². The smallest absolute Gasteiger partial charge is 0.360 e. The Morgan fingerprint density at radius 2 is 1.77 bits per heavy atom. The molecule has 4 nitrogen and oxygen atoms in total. The van der Waals surface area contributed by atoms with Gasteiger partial charge in [0.05, 0.1) is 10.6 Å². The number of hydrogen-bond acceptors (Lipinski definition) is 3. The lowest BCUT2D eigenvalue weighted by Gasteiger charge is -2.11. The van der Waals surface area contributed by atoms with Crippen molar-refractivity contribution in [2.24, 2.45) is 0 Å². The summed E-state index contributed by atoms with van der Waals surface area (Å²) in [6.07, 6.45) is -3.47. The first kappa shape index (κ1) is 19.3. The number of benzene rings is 2. The highest BCUT2D eigenvalue weighted by atomic mass is 35.5. The fourth-order valence-corrected chi connectivity index (χ4v) is 2.20. The molecule has 2 aromatic carbocycles. The molecule has 0 radical (unpaired) electrons. The van der Waals surface area contributed by atoms with Gasteiger partial charge < -0.3 is 10.6 Å². The Hall–Kier alpha value is -2.98. The third-order valence-corrected chi connectivity index (χ3v) is 3.66. The molecule has 0 unspecified atom stereocenters. The summed E-state index contributed by atoms with van der Waals surface area (Å²) in [7, 11) is 0. The number of amides is 1.